The van der Waals surface area contributed by atoms with Crippen molar-refractivity contribution in [2.45, 2.75) is 12.5 Å². The molecule has 1 atom stereocenters. The molecule has 1 aliphatic rings. The molecule has 1 aliphatic heterocycles. The third kappa shape index (κ3) is 1.38. The Morgan fingerprint density at radius 3 is 3.00 bits per heavy atom. The molecule has 0 radical (unpaired) electrons. The average Bonchev–Trinajstić information content (AvgIpc) is 3.03. The van der Waals surface area contributed by atoms with Crippen molar-refractivity contribution in [2.75, 3.05) is 6.61 Å². The van der Waals surface area contributed by atoms with E-state index in [0.29, 0.717) is 6.10 Å². The van der Waals surface area contributed by atoms with E-state index < -0.39 is 0 Å². The van der Waals surface area contributed by atoms with Crippen LogP contribution in [0.4, 0.5) is 0 Å². The maximum absolute atomic E-state index is 5.23. The summed E-state index contributed by atoms with van der Waals surface area (Å²) in [5.41, 5.74) is 1.30. The Bertz CT molecular complexity index is 457. The van der Waals surface area contributed by atoms with Crippen molar-refractivity contribution in [3.63, 3.8) is 0 Å². The highest BCUT2D eigenvalue weighted by Gasteiger charge is 2.23. The molecule has 14 heavy (non-hydrogen) atoms. The Hall–Kier alpha value is -1.41. The second-order valence-corrected chi connectivity index (χ2v) is 3.68. The molecule has 0 bridgehead atoms. The van der Waals surface area contributed by atoms with Crippen LogP contribution in [-0.2, 0) is 11.2 Å². The summed E-state index contributed by atoms with van der Waals surface area (Å²) in [7, 11) is 0. The van der Waals surface area contributed by atoms with E-state index in [2.05, 4.69) is 23.2 Å². The molecule has 0 amide bonds. The Labute approximate surface area is 82.5 Å². The molecular formula is C12H11NO. The minimum absolute atomic E-state index is 0.433. The Morgan fingerprint density at radius 1 is 1.29 bits per heavy atom. The lowest BCUT2D eigenvalue weighted by Crippen LogP contribution is -1.94. The summed E-state index contributed by atoms with van der Waals surface area (Å²) in [6.45, 7) is 0.906. The minimum atomic E-state index is 0.433. The van der Waals surface area contributed by atoms with E-state index in [-0.39, 0.29) is 0 Å². The molecule has 2 nitrogen and oxygen atoms in total. The second kappa shape index (κ2) is 3.07. The summed E-state index contributed by atoms with van der Waals surface area (Å²) in [6.07, 6.45) is 5.29. The van der Waals surface area contributed by atoms with Crippen molar-refractivity contribution >= 4 is 10.8 Å². The molecule has 1 aromatic carbocycles. The van der Waals surface area contributed by atoms with Gasteiger partial charge in [-0.15, -0.1) is 0 Å². The van der Waals surface area contributed by atoms with Crippen LogP contribution < -0.4 is 0 Å². The van der Waals surface area contributed by atoms with E-state index in [9.17, 15) is 0 Å². The number of pyridine rings is 1. The number of hydrogen-bond acceptors (Lipinski definition) is 2. The van der Waals surface area contributed by atoms with Crippen molar-refractivity contribution in [3.8, 4) is 0 Å². The molecule has 1 aromatic heterocycles. The zero-order chi connectivity index (χ0) is 9.38. The first-order valence-corrected chi connectivity index (χ1v) is 4.87. The number of fused-ring (bicyclic) bond motifs is 1. The molecule has 2 heterocycles. The Kier molecular flexibility index (Phi) is 1.74. The highest BCUT2D eigenvalue weighted by molar-refractivity contribution is 5.84. The van der Waals surface area contributed by atoms with Gasteiger partial charge in [0.2, 0.25) is 0 Å². The first-order valence-electron chi connectivity index (χ1n) is 4.87. The van der Waals surface area contributed by atoms with E-state index in [4.69, 9.17) is 4.74 Å². The molecule has 3 rings (SSSR count). The smallest absolute Gasteiger partial charge is 0.0850 e. The first-order chi connectivity index (χ1) is 6.93. The van der Waals surface area contributed by atoms with Crippen molar-refractivity contribution in [1.82, 2.24) is 4.98 Å². The van der Waals surface area contributed by atoms with Crippen LogP contribution in [0.5, 0.6) is 0 Å². The summed E-state index contributed by atoms with van der Waals surface area (Å²) < 4.78 is 5.23. The number of benzene rings is 1. The highest BCUT2D eigenvalue weighted by atomic mass is 16.6. The molecule has 0 spiro atoms. The summed E-state index contributed by atoms with van der Waals surface area (Å²) in [5.74, 6) is 0. The second-order valence-electron chi connectivity index (χ2n) is 3.68. The zero-order valence-corrected chi connectivity index (χ0v) is 7.81. The van der Waals surface area contributed by atoms with Gasteiger partial charge in [-0.3, -0.25) is 4.98 Å². The zero-order valence-electron chi connectivity index (χ0n) is 7.81. The van der Waals surface area contributed by atoms with Crippen LogP contribution in [0.15, 0.2) is 36.7 Å². The lowest BCUT2D eigenvalue weighted by atomic mass is 10.0. The van der Waals surface area contributed by atoms with Crippen LogP contribution >= 0.6 is 0 Å². The van der Waals surface area contributed by atoms with Gasteiger partial charge in [0.15, 0.2) is 0 Å². The third-order valence-corrected chi connectivity index (χ3v) is 2.60. The molecule has 0 N–H and O–H groups in total. The largest absolute Gasteiger partial charge is 0.373 e. The normalized spacial score (nSPS) is 19.9. The minimum Gasteiger partial charge on any atom is -0.373 e. The number of epoxide rings is 1. The van der Waals surface area contributed by atoms with Gasteiger partial charge in [-0.2, -0.15) is 0 Å². The van der Waals surface area contributed by atoms with Gasteiger partial charge in [0.25, 0.3) is 0 Å². The molecule has 1 fully saturated rings. The predicted octanol–water partition coefficient (Wildman–Crippen LogP) is 2.18. The molecular weight excluding hydrogens is 174 g/mol. The summed E-state index contributed by atoms with van der Waals surface area (Å²) in [6, 6.07) is 8.36. The number of ether oxygens (including phenoxy) is 1. The monoisotopic (exact) mass is 185 g/mol. The molecule has 1 saturated heterocycles. The first kappa shape index (κ1) is 7.94. The van der Waals surface area contributed by atoms with Gasteiger partial charge in [-0.1, -0.05) is 24.3 Å². The van der Waals surface area contributed by atoms with E-state index in [0.717, 1.165) is 13.0 Å². The lowest BCUT2D eigenvalue weighted by molar-refractivity contribution is 0.408. The maximum Gasteiger partial charge on any atom is 0.0850 e. The molecule has 1 unspecified atom stereocenters. The number of aromatic nitrogens is 1. The molecule has 2 aromatic rings. The number of rotatable bonds is 2. The average molecular weight is 185 g/mol. The van der Waals surface area contributed by atoms with Gasteiger partial charge in [-0.05, 0) is 10.9 Å². The van der Waals surface area contributed by atoms with Gasteiger partial charge < -0.3 is 4.74 Å². The maximum atomic E-state index is 5.23. The predicted molar refractivity (Wildman–Crippen MR) is 55.2 cm³/mol. The molecule has 0 saturated carbocycles. The van der Waals surface area contributed by atoms with Crippen LogP contribution in [0.1, 0.15) is 5.56 Å². The fourth-order valence-electron chi connectivity index (χ4n) is 1.77. The van der Waals surface area contributed by atoms with Crippen molar-refractivity contribution < 1.29 is 4.74 Å². The summed E-state index contributed by atoms with van der Waals surface area (Å²) in [4.78, 5) is 4.24. The SMILES string of the molecule is c1ccc2c(CC3CO3)cncc2c1. The van der Waals surface area contributed by atoms with E-state index in [1.54, 1.807) is 0 Å². The van der Waals surface area contributed by atoms with Gasteiger partial charge in [0.05, 0.1) is 12.7 Å². The topological polar surface area (TPSA) is 25.4 Å². The van der Waals surface area contributed by atoms with Crippen LogP contribution in [0, 0.1) is 0 Å². The van der Waals surface area contributed by atoms with Crippen molar-refractivity contribution in [3.05, 3.63) is 42.2 Å². The van der Waals surface area contributed by atoms with Gasteiger partial charge in [0, 0.05) is 24.2 Å². The summed E-state index contributed by atoms with van der Waals surface area (Å²) >= 11 is 0. The lowest BCUT2D eigenvalue weighted by Gasteiger charge is -2.03. The fraction of sp³-hybridized carbons (Fsp3) is 0.250. The van der Waals surface area contributed by atoms with E-state index in [1.165, 1.54) is 16.3 Å². The molecule has 70 valence electrons. The Balaban J connectivity index is 2.11. The van der Waals surface area contributed by atoms with Gasteiger partial charge >= 0.3 is 0 Å². The molecule has 0 aliphatic carbocycles. The van der Waals surface area contributed by atoms with Crippen molar-refractivity contribution in [2.24, 2.45) is 0 Å². The highest BCUT2D eigenvalue weighted by Crippen LogP contribution is 2.22. The van der Waals surface area contributed by atoms with Crippen LogP contribution in [0.2, 0.25) is 0 Å². The standard InChI is InChI=1S/C12H11NO/c1-2-4-12-9(3-1)6-13-7-10(12)5-11-8-14-11/h1-4,6-7,11H,5,8H2. The van der Waals surface area contributed by atoms with Gasteiger partial charge in [-0.25, -0.2) is 0 Å². The van der Waals surface area contributed by atoms with Gasteiger partial charge in [0.1, 0.15) is 0 Å². The van der Waals surface area contributed by atoms with Crippen LogP contribution in [-0.4, -0.2) is 17.7 Å². The summed E-state index contributed by atoms with van der Waals surface area (Å²) in [5, 5.41) is 2.52. The third-order valence-electron chi connectivity index (χ3n) is 2.60. The fourth-order valence-corrected chi connectivity index (χ4v) is 1.77. The Morgan fingerprint density at radius 2 is 2.14 bits per heavy atom. The van der Waals surface area contributed by atoms with E-state index >= 15 is 0 Å². The van der Waals surface area contributed by atoms with Crippen LogP contribution in [0.3, 0.4) is 0 Å². The van der Waals surface area contributed by atoms with Crippen LogP contribution in [0.25, 0.3) is 10.8 Å². The number of hydrogen-bond donors (Lipinski definition) is 0. The molecule has 2 heteroatoms. The van der Waals surface area contributed by atoms with Crippen molar-refractivity contribution in [1.29, 1.82) is 0 Å². The van der Waals surface area contributed by atoms with E-state index in [1.807, 2.05) is 18.5 Å². The quantitative estimate of drug-likeness (QED) is 0.670. The number of nitrogens with zero attached hydrogens (tertiary/aromatic N) is 1.